The van der Waals surface area contributed by atoms with E-state index in [4.69, 9.17) is 0 Å². The minimum atomic E-state index is -0.263. The molecule has 0 aromatic heterocycles. The molecule has 0 bridgehead atoms. The molecule has 0 aliphatic heterocycles. The van der Waals surface area contributed by atoms with Gasteiger partial charge < -0.3 is 10.2 Å². The smallest absolute Gasteiger partial charge is 0.224 e. The maximum absolute atomic E-state index is 13.0. The summed E-state index contributed by atoms with van der Waals surface area (Å²) in [6.45, 7) is 3.70. The predicted molar refractivity (Wildman–Crippen MR) is 73.3 cm³/mol. The van der Waals surface area contributed by atoms with Crippen molar-refractivity contribution in [3.05, 3.63) is 35.6 Å². The highest BCUT2D eigenvalue weighted by molar-refractivity contribution is 5.85. The van der Waals surface area contributed by atoms with Gasteiger partial charge in [0.05, 0.1) is 0 Å². The van der Waals surface area contributed by atoms with Crippen LogP contribution in [0.5, 0.6) is 0 Å². The molecule has 0 aliphatic carbocycles. The Morgan fingerprint density at radius 2 is 2.17 bits per heavy atom. The van der Waals surface area contributed by atoms with Crippen molar-refractivity contribution in [1.29, 1.82) is 0 Å². The molecule has 0 saturated carbocycles. The molecule has 1 amide bonds. The van der Waals surface area contributed by atoms with Crippen LogP contribution in [0, 0.1) is 5.82 Å². The summed E-state index contributed by atoms with van der Waals surface area (Å²) in [6.07, 6.45) is 0.472. The molecule has 0 aliphatic rings. The van der Waals surface area contributed by atoms with Crippen LogP contribution in [-0.4, -0.2) is 30.9 Å². The topological polar surface area (TPSA) is 32.3 Å². The first-order valence-electron chi connectivity index (χ1n) is 5.84. The van der Waals surface area contributed by atoms with E-state index in [9.17, 15) is 9.18 Å². The Bertz CT molecular complexity index is 374. The summed E-state index contributed by atoms with van der Waals surface area (Å²) >= 11 is 0. The zero-order valence-corrected chi connectivity index (χ0v) is 11.6. The summed E-state index contributed by atoms with van der Waals surface area (Å²) in [7, 11) is 1.82. The highest BCUT2D eigenvalue weighted by Crippen LogP contribution is 2.08. The third-order valence-corrected chi connectivity index (χ3v) is 2.59. The first kappa shape index (κ1) is 16.9. The standard InChI is InChI=1S/C13H19FN2O.ClH/c1-3-16(13(17)7-8-15-2)10-11-5-4-6-12(14)9-11;/h4-6,9,15H,3,7-8,10H2,1-2H3;1H. The summed E-state index contributed by atoms with van der Waals surface area (Å²) < 4.78 is 13.0. The van der Waals surface area contributed by atoms with Crippen LogP contribution in [0.3, 0.4) is 0 Å². The Labute approximate surface area is 114 Å². The molecule has 0 unspecified atom stereocenters. The number of amides is 1. The van der Waals surface area contributed by atoms with Crippen LogP contribution in [0.4, 0.5) is 4.39 Å². The van der Waals surface area contributed by atoms with Crippen molar-refractivity contribution in [3.8, 4) is 0 Å². The Kier molecular flexibility index (Phi) is 8.33. The summed E-state index contributed by atoms with van der Waals surface area (Å²) in [5.41, 5.74) is 0.824. The van der Waals surface area contributed by atoms with Gasteiger partial charge in [-0.1, -0.05) is 12.1 Å². The molecule has 5 heteroatoms. The van der Waals surface area contributed by atoms with E-state index in [0.717, 1.165) is 5.56 Å². The fourth-order valence-corrected chi connectivity index (χ4v) is 1.62. The Morgan fingerprint density at radius 1 is 1.44 bits per heavy atom. The van der Waals surface area contributed by atoms with Crippen LogP contribution in [0.2, 0.25) is 0 Å². The van der Waals surface area contributed by atoms with E-state index < -0.39 is 0 Å². The third kappa shape index (κ3) is 5.47. The molecule has 0 fully saturated rings. The molecule has 18 heavy (non-hydrogen) atoms. The number of hydrogen-bond acceptors (Lipinski definition) is 2. The fourth-order valence-electron chi connectivity index (χ4n) is 1.62. The van der Waals surface area contributed by atoms with Crippen molar-refractivity contribution in [2.75, 3.05) is 20.1 Å². The van der Waals surface area contributed by atoms with E-state index in [1.54, 1.807) is 11.0 Å². The maximum Gasteiger partial charge on any atom is 0.224 e. The summed E-state index contributed by atoms with van der Waals surface area (Å²) in [6, 6.07) is 6.37. The first-order valence-corrected chi connectivity index (χ1v) is 5.84. The average molecular weight is 275 g/mol. The van der Waals surface area contributed by atoms with E-state index in [-0.39, 0.29) is 24.1 Å². The van der Waals surface area contributed by atoms with Crippen LogP contribution in [0.25, 0.3) is 0 Å². The molecule has 1 rings (SSSR count). The fraction of sp³-hybridized carbons (Fsp3) is 0.462. The molecule has 3 nitrogen and oxygen atoms in total. The third-order valence-electron chi connectivity index (χ3n) is 2.59. The van der Waals surface area contributed by atoms with Crippen LogP contribution in [0.1, 0.15) is 18.9 Å². The quantitative estimate of drug-likeness (QED) is 0.863. The monoisotopic (exact) mass is 274 g/mol. The number of benzene rings is 1. The van der Waals surface area contributed by atoms with Crippen molar-refractivity contribution in [3.63, 3.8) is 0 Å². The van der Waals surface area contributed by atoms with Crippen molar-refractivity contribution >= 4 is 18.3 Å². The number of carbonyl (C=O) groups is 1. The second-order valence-electron chi connectivity index (χ2n) is 3.89. The van der Waals surface area contributed by atoms with Gasteiger partial charge in [-0.2, -0.15) is 0 Å². The average Bonchev–Trinajstić information content (AvgIpc) is 2.33. The number of hydrogen-bond donors (Lipinski definition) is 1. The van der Waals surface area contributed by atoms with Gasteiger partial charge in [-0.15, -0.1) is 12.4 Å². The van der Waals surface area contributed by atoms with Gasteiger partial charge in [0, 0.05) is 26.1 Å². The zero-order valence-electron chi connectivity index (χ0n) is 10.8. The van der Waals surface area contributed by atoms with Gasteiger partial charge >= 0.3 is 0 Å². The molecule has 1 aromatic rings. The second kappa shape index (κ2) is 8.89. The Morgan fingerprint density at radius 3 is 2.72 bits per heavy atom. The van der Waals surface area contributed by atoms with Crippen LogP contribution in [-0.2, 0) is 11.3 Å². The number of nitrogens with one attached hydrogen (secondary N) is 1. The maximum atomic E-state index is 13.0. The molecule has 1 aromatic carbocycles. The molecular weight excluding hydrogens is 255 g/mol. The molecule has 0 saturated heterocycles. The van der Waals surface area contributed by atoms with E-state index in [1.165, 1.54) is 12.1 Å². The first-order chi connectivity index (χ1) is 8.17. The largest absolute Gasteiger partial charge is 0.339 e. The van der Waals surface area contributed by atoms with Crippen molar-refractivity contribution < 1.29 is 9.18 Å². The minimum absolute atomic E-state index is 0. The molecule has 1 N–H and O–H groups in total. The van der Waals surface area contributed by atoms with Gasteiger partial charge in [0.15, 0.2) is 0 Å². The zero-order chi connectivity index (χ0) is 12.7. The molecule has 0 atom stereocenters. The van der Waals surface area contributed by atoms with Crippen molar-refractivity contribution in [2.24, 2.45) is 0 Å². The molecule has 102 valence electrons. The van der Waals surface area contributed by atoms with Crippen molar-refractivity contribution in [2.45, 2.75) is 19.9 Å². The number of halogens is 2. The van der Waals surface area contributed by atoms with Crippen LogP contribution < -0.4 is 5.32 Å². The number of carbonyl (C=O) groups excluding carboxylic acids is 1. The summed E-state index contributed by atoms with van der Waals surface area (Å²) in [4.78, 5) is 13.5. The van der Waals surface area contributed by atoms with E-state index >= 15 is 0 Å². The lowest BCUT2D eigenvalue weighted by atomic mass is 10.2. The van der Waals surface area contributed by atoms with Crippen LogP contribution in [0.15, 0.2) is 24.3 Å². The van der Waals surface area contributed by atoms with Gasteiger partial charge in [-0.3, -0.25) is 4.79 Å². The summed E-state index contributed by atoms with van der Waals surface area (Å²) in [5.74, 6) is -0.174. The molecular formula is C13H20ClFN2O. The van der Waals surface area contributed by atoms with Gasteiger partial charge in [-0.25, -0.2) is 4.39 Å². The SMILES string of the molecule is CCN(Cc1cccc(F)c1)C(=O)CCNC.Cl. The Hall–Kier alpha value is -1.13. The van der Waals surface area contributed by atoms with Gasteiger partial charge in [0.25, 0.3) is 0 Å². The molecule has 0 spiro atoms. The number of rotatable bonds is 6. The highest BCUT2D eigenvalue weighted by Gasteiger charge is 2.11. The predicted octanol–water partition coefficient (Wildman–Crippen LogP) is 2.21. The van der Waals surface area contributed by atoms with Crippen LogP contribution >= 0.6 is 12.4 Å². The lowest BCUT2D eigenvalue weighted by Crippen LogP contribution is -2.32. The summed E-state index contributed by atoms with van der Waals surface area (Å²) in [5, 5.41) is 2.94. The van der Waals surface area contributed by atoms with E-state index in [1.807, 2.05) is 20.0 Å². The molecule has 0 radical (unpaired) electrons. The lowest BCUT2D eigenvalue weighted by Gasteiger charge is -2.21. The normalized spacial score (nSPS) is 9.72. The minimum Gasteiger partial charge on any atom is -0.339 e. The highest BCUT2D eigenvalue weighted by atomic mass is 35.5. The van der Waals surface area contributed by atoms with Crippen molar-refractivity contribution in [1.82, 2.24) is 10.2 Å². The van der Waals surface area contributed by atoms with Gasteiger partial charge in [0.1, 0.15) is 5.82 Å². The van der Waals surface area contributed by atoms with Gasteiger partial charge in [-0.05, 0) is 31.7 Å². The Balaban J connectivity index is 0.00000289. The lowest BCUT2D eigenvalue weighted by molar-refractivity contribution is -0.131. The molecule has 0 heterocycles. The second-order valence-corrected chi connectivity index (χ2v) is 3.89. The van der Waals surface area contributed by atoms with E-state index in [0.29, 0.717) is 26.1 Å². The van der Waals surface area contributed by atoms with Gasteiger partial charge in [0.2, 0.25) is 5.91 Å². The number of nitrogens with zero attached hydrogens (tertiary/aromatic N) is 1. The van der Waals surface area contributed by atoms with E-state index in [2.05, 4.69) is 5.32 Å².